The summed E-state index contributed by atoms with van der Waals surface area (Å²) in [7, 11) is 0. The number of nitrogens with two attached hydrogens (primary N) is 1. The van der Waals surface area contributed by atoms with Crippen molar-refractivity contribution in [1.29, 1.82) is 0 Å². The van der Waals surface area contributed by atoms with Gasteiger partial charge in [0.2, 0.25) is 11.8 Å². The molecule has 0 atom stereocenters. The van der Waals surface area contributed by atoms with Crippen LogP contribution in [0, 0.1) is 0 Å². The molecular weight excluding hydrogens is 522 g/mol. The van der Waals surface area contributed by atoms with Gasteiger partial charge in [-0.2, -0.15) is 0 Å². The Bertz CT molecular complexity index is 1140. The Morgan fingerprint density at radius 2 is 1.60 bits per heavy atom. The molecular formula is C27H37N5O8. The largest absolute Gasteiger partial charge is 0.484 e. The van der Waals surface area contributed by atoms with Gasteiger partial charge in [0.1, 0.15) is 5.75 Å². The number of nitrogens with one attached hydrogen (secondary N) is 2. The molecule has 0 saturated carbocycles. The average molecular weight is 560 g/mol. The van der Waals surface area contributed by atoms with E-state index in [1.54, 1.807) is 29.2 Å². The van der Waals surface area contributed by atoms with Crippen LogP contribution in [0.4, 0.5) is 0 Å². The highest BCUT2D eigenvalue weighted by Gasteiger charge is 2.19. The van der Waals surface area contributed by atoms with Crippen molar-refractivity contribution < 1.29 is 38.1 Å². The third-order valence-corrected chi connectivity index (χ3v) is 5.99. The second kappa shape index (κ2) is 17.0. The zero-order valence-electron chi connectivity index (χ0n) is 22.5. The molecule has 0 unspecified atom stereocenters. The predicted molar refractivity (Wildman–Crippen MR) is 145 cm³/mol. The number of primary amides is 1. The van der Waals surface area contributed by atoms with E-state index in [1.807, 2.05) is 0 Å². The van der Waals surface area contributed by atoms with Gasteiger partial charge in [0.05, 0.1) is 57.3 Å². The molecule has 1 aliphatic rings. The minimum absolute atomic E-state index is 0.0476. The normalized spacial score (nSPS) is 12.8. The molecule has 1 saturated heterocycles. The van der Waals surface area contributed by atoms with Crippen LogP contribution in [0.2, 0.25) is 0 Å². The lowest BCUT2D eigenvalue weighted by Gasteiger charge is -2.15. The van der Waals surface area contributed by atoms with Gasteiger partial charge in [-0.25, -0.2) is 0 Å². The number of aromatic nitrogens is 1. The predicted octanol–water partition coefficient (Wildman–Crippen LogP) is 0.00720. The SMILES string of the molecule is NC(=O)CCOCCOCCOCCNC(=O)COc1ccc2c(C(=O)NCC(=O)N3CCCC3)ccnc2c1. The number of benzene rings is 1. The Hall–Kier alpha value is -3.81. The second-order valence-corrected chi connectivity index (χ2v) is 9.00. The van der Waals surface area contributed by atoms with Crippen LogP contribution < -0.4 is 21.1 Å². The number of nitrogens with zero attached hydrogens (tertiary/aromatic N) is 2. The van der Waals surface area contributed by atoms with Crippen LogP contribution in [-0.4, -0.2) is 106 Å². The molecule has 13 nitrogen and oxygen atoms in total. The van der Waals surface area contributed by atoms with E-state index in [2.05, 4.69) is 15.6 Å². The fourth-order valence-electron chi connectivity index (χ4n) is 3.92. The van der Waals surface area contributed by atoms with Crippen LogP contribution in [0.1, 0.15) is 29.6 Å². The first-order chi connectivity index (χ1) is 19.4. The molecule has 0 radical (unpaired) electrons. The zero-order valence-corrected chi connectivity index (χ0v) is 22.5. The van der Waals surface area contributed by atoms with Crippen LogP contribution in [0.15, 0.2) is 30.5 Å². The number of carbonyl (C=O) groups is 4. The van der Waals surface area contributed by atoms with Gasteiger partial charge in [-0.1, -0.05) is 0 Å². The van der Waals surface area contributed by atoms with Gasteiger partial charge in [-0.15, -0.1) is 0 Å². The van der Waals surface area contributed by atoms with E-state index in [0.29, 0.717) is 61.8 Å². The van der Waals surface area contributed by atoms with E-state index in [0.717, 1.165) is 25.9 Å². The molecule has 4 N–H and O–H groups in total. The molecule has 1 fully saturated rings. The maximum absolute atomic E-state index is 12.7. The topological polar surface area (TPSA) is 171 Å². The number of fused-ring (bicyclic) bond motifs is 1. The minimum atomic E-state index is -0.403. The maximum Gasteiger partial charge on any atom is 0.258 e. The molecule has 1 aliphatic heterocycles. The minimum Gasteiger partial charge on any atom is -0.484 e. The monoisotopic (exact) mass is 559 g/mol. The molecule has 218 valence electrons. The van der Waals surface area contributed by atoms with Gasteiger partial charge in [-0.3, -0.25) is 24.2 Å². The molecule has 13 heteroatoms. The summed E-state index contributed by atoms with van der Waals surface area (Å²) in [6, 6.07) is 6.62. The Morgan fingerprint density at radius 1 is 0.900 bits per heavy atom. The van der Waals surface area contributed by atoms with Crippen molar-refractivity contribution >= 4 is 34.5 Å². The Morgan fingerprint density at radius 3 is 2.33 bits per heavy atom. The van der Waals surface area contributed by atoms with Crippen molar-refractivity contribution in [2.75, 3.05) is 72.4 Å². The van der Waals surface area contributed by atoms with Gasteiger partial charge in [-0.05, 0) is 31.0 Å². The summed E-state index contributed by atoms with van der Waals surface area (Å²) >= 11 is 0. The van der Waals surface area contributed by atoms with E-state index in [-0.39, 0.29) is 43.9 Å². The van der Waals surface area contributed by atoms with E-state index in [9.17, 15) is 19.2 Å². The molecule has 0 spiro atoms. The molecule has 40 heavy (non-hydrogen) atoms. The van der Waals surface area contributed by atoms with E-state index >= 15 is 0 Å². The lowest BCUT2D eigenvalue weighted by molar-refractivity contribution is -0.129. The first kappa shape index (κ1) is 30.7. The standard InChI is InChI=1S/C27H37N5O8/c28-24(33)6-11-37-13-15-39-16-14-38-12-8-30-25(34)19-40-20-3-4-21-22(5-7-29-23(21)17-20)27(36)31-18-26(35)32-9-1-2-10-32/h3-5,7,17H,1-2,6,8-16,18-19H2,(H2,28,33)(H,30,34)(H,31,36). The number of likely N-dealkylation sites (tertiary alicyclic amines) is 1. The summed E-state index contributed by atoms with van der Waals surface area (Å²) in [4.78, 5) is 53.7. The molecule has 1 aromatic carbocycles. The van der Waals surface area contributed by atoms with Gasteiger partial charge in [0.15, 0.2) is 6.61 Å². The lowest BCUT2D eigenvalue weighted by atomic mass is 10.1. The van der Waals surface area contributed by atoms with Crippen LogP contribution >= 0.6 is 0 Å². The number of rotatable bonds is 18. The third-order valence-electron chi connectivity index (χ3n) is 5.99. The first-order valence-electron chi connectivity index (χ1n) is 13.3. The average Bonchev–Trinajstić information content (AvgIpc) is 3.50. The van der Waals surface area contributed by atoms with Crippen molar-refractivity contribution in [2.24, 2.45) is 5.73 Å². The smallest absolute Gasteiger partial charge is 0.258 e. The Labute approximate surface area is 232 Å². The first-order valence-corrected chi connectivity index (χ1v) is 13.3. The third kappa shape index (κ3) is 10.8. The fourth-order valence-corrected chi connectivity index (χ4v) is 3.92. The Balaban J connectivity index is 1.30. The van der Waals surface area contributed by atoms with Gasteiger partial charge in [0, 0.05) is 43.7 Å². The maximum atomic E-state index is 12.7. The molecule has 3 rings (SSSR count). The number of ether oxygens (including phenoxy) is 4. The van der Waals surface area contributed by atoms with Gasteiger partial charge in [0.25, 0.3) is 11.8 Å². The quantitative estimate of drug-likeness (QED) is 0.213. The summed E-state index contributed by atoms with van der Waals surface area (Å²) < 4.78 is 21.5. The number of amides is 4. The van der Waals surface area contributed by atoms with Gasteiger partial charge < -0.3 is 40.2 Å². The molecule has 0 aliphatic carbocycles. The number of hydrogen-bond donors (Lipinski definition) is 3. The lowest BCUT2D eigenvalue weighted by Crippen LogP contribution is -2.38. The number of pyridine rings is 1. The van der Waals surface area contributed by atoms with Crippen LogP contribution in [-0.2, 0) is 28.6 Å². The summed E-state index contributed by atoms with van der Waals surface area (Å²) in [6.45, 7) is 3.64. The molecule has 4 amide bonds. The van der Waals surface area contributed by atoms with Crippen molar-refractivity contribution in [3.05, 3.63) is 36.0 Å². The number of hydrogen-bond acceptors (Lipinski definition) is 9. The highest BCUT2D eigenvalue weighted by atomic mass is 16.5. The molecule has 1 aromatic heterocycles. The van der Waals surface area contributed by atoms with E-state index < -0.39 is 5.91 Å². The highest BCUT2D eigenvalue weighted by Crippen LogP contribution is 2.22. The van der Waals surface area contributed by atoms with E-state index in [4.69, 9.17) is 24.7 Å². The summed E-state index contributed by atoms with van der Waals surface area (Å²) in [6.07, 6.45) is 3.68. The summed E-state index contributed by atoms with van der Waals surface area (Å²) in [5, 5.41) is 6.01. The van der Waals surface area contributed by atoms with E-state index in [1.165, 1.54) is 6.20 Å². The zero-order chi connectivity index (χ0) is 28.6. The van der Waals surface area contributed by atoms with Crippen molar-refractivity contribution in [1.82, 2.24) is 20.5 Å². The second-order valence-electron chi connectivity index (χ2n) is 9.00. The van der Waals surface area contributed by atoms with Crippen LogP contribution in [0.25, 0.3) is 10.9 Å². The fraction of sp³-hybridized carbons (Fsp3) is 0.519. The van der Waals surface area contributed by atoms with Crippen molar-refractivity contribution in [3.8, 4) is 5.75 Å². The van der Waals surface area contributed by atoms with Crippen molar-refractivity contribution in [2.45, 2.75) is 19.3 Å². The van der Waals surface area contributed by atoms with Gasteiger partial charge >= 0.3 is 0 Å². The molecule has 2 heterocycles. The molecule has 2 aromatic rings. The van der Waals surface area contributed by atoms with Crippen molar-refractivity contribution in [3.63, 3.8) is 0 Å². The number of carbonyl (C=O) groups excluding carboxylic acids is 4. The Kier molecular flexibility index (Phi) is 13.1. The van der Waals surface area contributed by atoms with Crippen LogP contribution in [0.5, 0.6) is 5.75 Å². The van der Waals surface area contributed by atoms with Crippen LogP contribution in [0.3, 0.4) is 0 Å². The highest BCUT2D eigenvalue weighted by molar-refractivity contribution is 6.07. The molecule has 0 bridgehead atoms. The summed E-state index contributed by atoms with van der Waals surface area (Å²) in [5.74, 6) is -0.719. The summed E-state index contributed by atoms with van der Waals surface area (Å²) in [5.41, 5.74) is 5.95.